The van der Waals surface area contributed by atoms with Crippen molar-refractivity contribution < 1.29 is 0 Å². The quantitative estimate of drug-likeness (QED) is 0.860. The fourth-order valence-corrected chi connectivity index (χ4v) is 2.43. The van der Waals surface area contributed by atoms with Crippen LogP contribution >= 0.6 is 11.3 Å². The van der Waals surface area contributed by atoms with Gasteiger partial charge in [-0.25, -0.2) is 0 Å². The molecule has 3 rings (SSSR count). The van der Waals surface area contributed by atoms with Crippen LogP contribution in [0.5, 0.6) is 0 Å². The molecule has 2 aromatic heterocycles. The molecule has 1 N–H and O–H groups in total. The Labute approximate surface area is 98.3 Å². The van der Waals surface area contributed by atoms with Crippen molar-refractivity contribution in [2.24, 2.45) is 0 Å². The molecule has 0 spiro atoms. The van der Waals surface area contributed by atoms with Gasteiger partial charge in [0.25, 0.3) is 0 Å². The number of nitrogens with zero attached hydrogens (tertiary/aromatic N) is 3. The van der Waals surface area contributed by atoms with Crippen molar-refractivity contribution in [3.05, 3.63) is 34.5 Å². The Morgan fingerprint density at radius 1 is 1.44 bits per heavy atom. The summed E-state index contributed by atoms with van der Waals surface area (Å²) in [5.41, 5.74) is 1.34. The standard InChI is InChI=1S/C11H14N4S/c1-2-10(1)15-8-13-14-11(15)6-12-5-9-3-4-16-7-9/h3-4,7-8,10,12H,1-2,5-6H2. The number of thiophene rings is 1. The van der Waals surface area contributed by atoms with Gasteiger partial charge in [0.15, 0.2) is 0 Å². The molecule has 1 aliphatic carbocycles. The molecule has 4 nitrogen and oxygen atoms in total. The monoisotopic (exact) mass is 234 g/mol. The van der Waals surface area contributed by atoms with Crippen LogP contribution in [0.1, 0.15) is 30.3 Å². The molecule has 84 valence electrons. The highest BCUT2D eigenvalue weighted by atomic mass is 32.1. The van der Waals surface area contributed by atoms with Crippen molar-refractivity contribution >= 4 is 11.3 Å². The van der Waals surface area contributed by atoms with Gasteiger partial charge in [-0.3, -0.25) is 0 Å². The highest BCUT2D eigenvalue weighted by Gasteiger charge is 2.25. The maximum Gasteiger partial charge on any atom is 0.147 e. The first kappa shape index (κ1) is 9.99. The van der Waals surface area contributed by atoms with Gasteiger partial charge in [0.05, 0.1) is 6.54 Å². The summed E-state index contributed by atoms with van der Waals surface area (Å²) < 4.78 is 2.20. The summed E-state index contributed by atoms with van der Waals surface area (Å²) >= 11 is 1.73. The smallest absolute Gasteiger partial charge is 0.147 e. The Hall–Kier alpha value is -1.20. The Morgan fingerprint density at radius 2 is 2.38 bits per heavy atom. The van der Waals surface area contributed by atoms with Gasteiger partial charge in [-0.1, -0.05) is 0 Å². The molecule has 1 fully saturated rings. The van der Waals surface area contributed by atoms with E-state index in [1.165, 1.54) is 18.4 Å². The minimum absolute atomic E-state index is 0.660. The van der Waals surface area contributed by atoms with Crippen LogP contribution in [0.2, 0.25) is 0 Å². The van der Waals surface area contributed by atoms with Gasteiger partial charge in [0.2, 0.25) is 0 Å². The molecule has 0 bridgehead atoms. The Balaban J connectivity index is 1.56. The predicted molar refractivity (Wildman–Crippen MR) is 63.2 cm³/mol. The molecular formula is C11H14N4S. The second-order valence-electron chi connectivity index (χ2n) is 4.12. The molecule has 1 aliphatic rings. The normalized spacial score (nSPS) is 15.5. The zero-order valence-corrected chi connectivity index (χ0v) is 9.78. The molecular weight excluding hydrogens is 220 g/mol. The Kier molecular flexibility index (Phi) is 2.71. The minimum Gasteiger partial charge on any atom is -0.313 e. The van der Waals surface area contributed by atoms with E-state index in [0.717, 1.165) is 18.9 Å². The lowest BCUT2D eigenvalue weighted by atomic mass is 10.3. The predicted octanol–water partition coefficient (Wildman–Crippen LogP) is 1.96. The average molecular weight is 234 g/mol. The van der Waals surface area contributed by atoms with Gasteiger partial charge >= 0.3 is 0 Å². The second kappa shape index (κ2) is 4.35. The third-order valence-electron chi connectivity index (χ3n) is 2.78. The highest BCUT2D eigenvalue weighted by molar-refractivity contribution is 7.07. The van der Waals surface area contributed by atoms with Crippen molar-refractivity contribution in [1.82, 2.24) is 20.1 Å². The van der Waals surface area contributed by atoms with Crippen molar-refractivity contribution in [3.63, 3.8) is 0 Å². The first-order valence-corrected chi connectivity index (χ1v) is 6.48. The van der Waals surface area contributed by atoms with Crippen LogP contribution < -0.4 is 5.32 Å². The van der Waals surface area contributed by atoms with E-state index >= 15 is 0 Å². The molecule has 0 unspecified atom stereocenters. The molecule has 0 aliphatic heterocycles. The van der Waals surface area contributed by atoms with Crippen LogP contribution in [0.4, 0.5) is 0 Å². The lowest BCUT2D eigenvalue weighted by Gasteiger charge is -2.05. The van der Waals surface area contributed by atoms with Crippen LogP contribution in [0.25, 0.3) is 0 Å². The zero-order chi connectivity index (χ0) is 10.8. The summed E-state index contributed by atoms with van der Waals surface area (Å²) in [6, 6.07) is 2.80. The summed E-state index contributed by atoms with van der Waals surface area (Å²) in [5, 5.41) is 15.8. The van der Waals surface area contributed by atoms with E-state index in [-0.39, 0.29) is 0 Å². The van der Waals surface area contributed by atoms with Crippen LogP contribution in [0, 0.1) is 0 Å². The van der Waals surface area contributed by atoms with Gasteiger partial charge in [0.1, 0.15) is 12.2 Å². The van der Waals surface area contributed by atoms with E-state index in [4.69, 9.17) is 0 Å². The second-order valence-corrected chi connectivity index (χ2v) is 4.90. The number of hydrogen-bond acceptors (Lipinski definition) is 4. The summed E-state index contributed by atoms with van der Waals surface area (Å²) in [5.74, 6) is 1.05. The van der Waals surface area contributed by atoms with E-state index in [0.29, 0.717) is 6.04 Å². The SMILES string of the molecule is c1cc(CNCc2nncn2C2CC2)cs1. The summed E-state index contributed by atoms with van der Waals surface area (Å²) in [4.78, 5) is 0. The first-order valence-electron chi connectivity index (χ1n) is 5.53. The van der Waals surface area contributed by atoms with E-state index in [2.05, 4.69) is 36.9 Å². The lowest BCUT2D eigenvalue weighted by molar-refractivity contribution is 0.606. The molecule has 0 radical (unpaired) electrons. The molecule has 0 aromatic carbocycles. The van der Waals surface area contributed by atoms with Gasteiger partial charge < -0.3 is 9.88 Å². The first-order chi connectivity index (χ1) is 7.93. The van der Waals surface area contributed by atoms with Gasteiger partial charge in [-0.05, 0) is 35.2 Å². The van der Waals surface area contributed by atoms with Crippen molar-refractivity contribution in [2.45, 2.75) is 32.0 Å². The number of aromatic nitrogens is 3. The van der Waals surface area contributed by atoms with E-state index in [9.17, 15) is 0 Å². The topological polar surface area (TPSA) is 42.7 Å². The third-order valence-corrected chi connectivity index (χ3v) is 3.51. The Bertz CT molecular complexity index is 444. The lowest BCUT2D eigenvalue weighted by Crippen LogP contribution is -2.16. The van der Waals surface area contributed by atoms with E-state index < -0.39 is 0 Å². The number of hydrogen-bond donors (Lipinski definition) is 1. The van der Waals surface area contributed by atoms with Gasteiger partial charge in [-0.15, -0.1) is 10.2 Å². The summed E-state index contributed by atoms with van der Waals surface area (Å²) in [7, 11) is 0. The zero-order valence-electron chi connectivity index (χ0n) is 8.97. The minimum atomic E-state index is 0.660. The highest BCUT2D eigenvalue weighted by Crippen LogP contribution is 2.35. The third kappa shape index (κ3) is 2.15. The van der Waals surface area contributed by atoms with E-state index in [1.54, 1.807) is 11.3 Å². The molecule has 0 saturated heterocycles. The maximum absolute atomic E-state index is 4.15. The van der Waals surface area contributed by atoms with Gasteiger partial charge in [-0.2, -0.15) is 11.3 Å². The summed E-state index contributed by atoms with van der Waals surface area (Å²) in [6.07, 6.45) is 4.39. The van der Waals surface area contributed by atoms with Gasteiger partial charge in [0, 0.05) is 12.6 Å². The molecule has 16 heavy (non-hydrogen) atoms. The van der Waals surface area contributed by atoms with Crippen LogP contribution in [0.15, 0.2) is 23.2 Å². The maximum atomic E-state index is 4.15. The van der Waals surface area contributed by atoms with Crippen LogP contribution in [-0.4, -0.2) is 14.8 Å². The van der Waals surface area contributed by atoms with Crippen LogP contribution in [-0.2, 0) is 13.1 Å². The fourth-order valence-electron chi connectivity index (χ4n) is 1.76. The molecule has 0 amide bonds. The molecule has 1 saturated carbocycles. The largest absolute Gasteiger partial charge is 0.313 e. The van der Waals surface area contributed by atoms with Crippen molar-refractivity contribution in [1.29, 1.82) is 0 Å². The molecule has 0 atom stereocenters. The molecule has 2 aromatic rings. The van der Waals surface area contributed by atoms with Crippen LogP contribution in [0.3, 0.4) is 0 Å². The van der Waals surface area contributed by atoms with Crippen molar-refractivity contribution in [3.8, 4) is 0 Å². The number of rotatable bonds is 5. The molecule has 5 heteroatoms. The Morgan fingerprint density at radius 3 is 3.12 bits per heavy atom. The van der Waals surface area contributed by atoms with Crippen molar-refractivity contribution in [2.75, 3.05) is 0 Å². The summed E-state index contributed by atoms with van der Waals surface area (Å²) in [6.45, 7) is 1.70. The fraction of sp³-hybridized carbons (Fsp3) is 0.455. The average Bonchev–Trinajstić information content (AvgIpc) is 2.82. The number of nitrogens with one attached hydrogen (secondary N) is 1. The molecule has 2 heterocycles. The van der Waals surface area contributed by atoms with E-state index in [1.807, 2.05) is 6.33 Å².